The summed E-state index contributed by atoms with van der Waals surface area (Å²) in [4.78, 5) is 13.8. The van der Waals surface area contributed by atoms with E-state index >= 15 is 0 Å². The van der Waals surface area contributed by atoms with Gasteiger partial charge < -0.3 is 4.90 Å². The molecule has 2 aromatic carbocycles. The van der Waals surface area contributed by atoms with Gasteiger partial charge in [0.1, 0.15) is 5.82 Å². The van der Waals surface area contributed by atoms with Crippen LogP contribution in [0.4, 0.5) is 4.39 Å². The summed E-state index contributed by atoms with van der Waals surface area (Å²) in [6, 6.07) is 11.5. The topological polar surface area (TPSA) is 20.3 Å². The van der Waals surface area contributed by atoms with E-state index in [1.807, 2.05) is 12.1 Å². The van der Waals surface area contributed by atoms with E-state index in [2.05, 4.69) is 22.6 Å². The monoisotopic (exact) mass is 403 g/mol. The fourth-order valence-electron chi connectivity index (χ4n) is 1.79. The number of amides is 1. The number of benzene rings is 2. The molecule has 0 saturated heterocycles. The van der Waals surface area contributed by atoms with Gasteiger partial charge in [-0.3, -0.25) is 4.79 Å². The molecule has 2 rings (SSSR count). The smallest absolute Gasteiger partial charge is 0.253 e. The maximum atomic E-state index is 13.0. The number of halogens is 3. The van der Waals surface area contributed by atoms with Crippen molar-refractivity contribution in [3.05, 3.63) is 68.0 Å². The van der Waals surface area contributed by atoms with E-state index in [0.29, 0.717) is 17.1 Å². The molecule has 0 aliphatic rings. The molecule has 0 spiro atoms. The van der Waals surface area contributed by atoms with Crippen molar-refractivity contribution in [1.29, 1.82) is 0 Å². The third-order valence-corrected chi connectivity index (χ3v) is 3.93. The zero-order chi connectivity index (χ0) is 14.7. The van der Waals surface area contributed by atoms with E-state index < -0.39 is 0 Å². The highest BCUT2D eigenvalue weighted by Gasteiger charge is 2.13. The SMILES string of the molecule is CN(Cc1ccc(F)cc1Cl)C(=O)c1ccc(I)cc1. The highest BCUT2D eigenvalue weighted by molar-refractivity contribution is 14.1. The second kappa shape index (κ2) is 6.54. The van der Waals surface area contributed by atoms with Gasteiger partial charge in [0.15, 0.2) is 0 Å². The molecule has 0 radical (unpaired) electrons. The quantitative estimate of drug-likeness (QED) is 0.698. The predicted octanol–water partition coefficient (Wildman–Crippen LogP) is 4.36. The summed E-state index contributed by atoms with van der Waals surface area (Å²) < 4.78 is 14.1. The number of rotatable bonds is 3. The van der Waals surface area contributed by atoms with E-state index in [9.17, 15) is 9.18 Å². The molecule has 0 heterocycles. The van der Waals surface area contributed by atoms with Crippen molar-refractivity contribution in [2.45, 2.75) is 6.54 Å². The standard InChI is InChI=1S/C15H12ClFINO/c1-19(9-11-2-5-12(17)8-14(11)16)15(20)10-3-6-13(18)7-4-10/h2-8H,9H2,1H3. The van der Waals surface area contributed by atoms with Crippen LogP contribution in [-0.4, -0.2) is 17.9 Å². The van der Waals surface area contributed by atoms with Crippen molar-refractivity contribution in [2.75, 3.05) is 7.05 Å². The third-order valence-electron chi connectivity index (χ3n) is 2.86. The van der Waals surface area contributed by atoms with E-state index in [0.717, 1.165) is 9.13 Å². The largest absolute Gasteiger partial charge is 0.337 e. The van der Waals surface area contributed by atoms with Crippen molar-refractivity contribution in [3.63, 3.8) is 0 Å². The molecule has 2 aromatic rings. The van der Waals surface area contributed by atoms with E-state index in [4.69, 9.17) is 11.6 Å². The van der Waals surface area contributed by atoms with Crippen LogP contribution in [-0.2, 0) is 6.54 Å². The molecular formula is C15H12ClFINO. The Morgan fingerprint density at radius 2 is 1.90 bits per heavy atom. The fraction of sp³-hybridized carbons (Fsp3) is 0.133. The van der Waals surface area contributed by atoms with Crippen LogP contribution < -0.4 is 0 Å². The van der Waals surface area contributed by atoms with E-state index in [1.165, 1.54) is 12.1 Å². The molecule has 0 aliphatic carbocycles. The maximum absolute atomic E-state index is 13.0. The van der Waals surface area contributed by atoms with Crippen LogP contribution in [0.15, 0.2) is 42.5 Å². The first-order valence-electron chi connectivity index (χ1n) is 5.92. The lowest BCUT2D eigenvalue weighted by Gasteiger charge is -2.18. The second-order valence-electron chi connectivity index (χ2n) is 4.40. The third kappa shape index (κ3) is 3.70. The van der Waals surface area contributed by atoms with Crippen molar-refractivity contribution >= 4 is 40.1 Å². The van der Waals surface area contributed by atoms with Crippen molar-refractivity contribution in [3.8, 4) is 0 Å². The molecule has 0 unspecified atom stereocenters. The molecule has 0 saturated carbocycles. The Balaban J connectivity index is 2.13. The van der Waals surface area contributed by atoms with Gasteiger partial charge >= 0.3 is 0 Å². The average Bonchev–Trinajstić information content (AvgIpc) is 2.42. The first-order valence-corrected chi connectivity index (χ1v) is 7.38. The number of hydrogen-bond acceptors (Lipinski definition) is 1. The van der Waals surface area contributed by atoms with Crippen LogP contribution in [0.1, 0.15) is 15.9 Å². The van der Waals surface area contributed by atoms with Crippen LogP contribution in [0.5, 0.6) is 0 Å². The molecule has 0 aliphatic heterocycles. The number of carbonyl (C=O) groups is 1. The summed E-state index contributed by atoms with van der Waals surface area (Å²) in [6.07, 6.45) is 0. The van der Waals surface area contributed by atoms with Crippen LogP contribution in [0.3, 0.4) is 0 Å². The lowest BCUT2D eigenvalue weighted by atomic mass is 10.1. The van der Waals surface area contributed by atoms with Gasteiger partial charge in [-0.05, 0) is 64.6 Å². The van der Waals surface area contributed by atoms with Gasteiger partial charge in [-0.15, -0.1) is 0 Å². The predicted molar refractivity (Wildman–Crippen MR) is 86.4 cm³/mol. The van der Waals surface area contributed by atoms with Crippen LogP contribution >= 0.6 is 34.2 Å². The molecule has 20 heavy (non-hydrogen) atoms. The summed E-state index contributed by atoms with van der Waals surface area (Å²) in [7, 11) is 1.69. The van der Waals surface area contributed by atoms with Crippen LogP contribution in [0.25, 0.3) is 0 Å². The Labute approximate surface area is 135 Å². The lowest BCUT2D eigenvalue weighted by molar-refractivity contribution is 0.0785. The Hall–Kier alpha value is -1.14. The molecule has 0 fully saturated rings. The molecule has 5 heteroatoms. The van der Waals surface area contributed by atoms with Gasteiger partial charge in [0.05, 0.1) is 0 Å². The molecular weight excluding hydrogens is 392 g/mol. The molecule has 1 amide bonds. The number of hydrogen-bond donors (Lipinski definition) is 0. The minimum Gasteiger partial charge on any atom is -0.337 e. The zero-order valence-electron chi connectivity index (χ0n) is 10.7. The molecule has 104 valence electrons. The Bertz CT molecular complexity index is 630. The minimum atomic E-state index is -0.384. The Morgan fingerprint density at radius 3 is 2.50 bits per heavy atom. The van der Waals surface area contributed by atoms with Crippen molar-refractivity contribution in [1.82, 2.24) is 4.90 Å². The highest BCUT2D eigenvalue weighted by Crippen LogP contribution is 2.19. The summed E-state index contributed by atoms with van der Waals surface area (Å²) in [6.45, 7) is 0.337. The Morgan fingerprint density at radius 1 is 1.25 bits per heavy atom. The summed E-state index contributed by atoms with van der Waals surface area (Å²) in [5.74, 6) is -0.479. The molecule has 2 nitrogen and oxygen atoms in total. The first-order chi connectivity index (χ1) is 9.47. The van der Waals surface area contributed by atoms with Crippen LogP contribution in [0, 0.1) is 9.39 Å². The number of carbonyl (C=O) groups excluding carboxylic acids is 1. The maximum Gasteiger partial charge on any atom is 0.253 e. The van der Waals surface area contributed by atoms with Gasteiger partial charge in [0.25, 0.3) is 5.91 Å². The zero-order valence-corrected chi connectivity index (χ0v) is 13.7. The minimum absolute atomic E-state index is 0.0956. The summed E-state index contributed by atoms with van der Waals surface area (Å²) in [5, 5.41) is 0.326. The van der Waals surface area contributed by atoms with Gasteiger partial charge in [-0.2, -0.15) is 0 Å². The Kier molecular flexibility index (Phi) is 4.99. The van der Waals surface area contributed by atoms with Crippen LogP contribution in [0.2, 0.25) is 5.02 Å². The average molecular weight is 404 g/mol. The molecule has 0 atom stereocenters. The fourth-order valence-corrected chi connectivity index (χ4v) is 2.38. The molecule has 0 bridgehead atoms. The van der Waals surface area contributed by atoms with Gasteiger partial charge in [-0.1, -0.05) is 17.7 Å². The first kappa shape index (κ1) is 15.3. The lowest BCUT2D eigenvalue weighted by Crippen LogP contribution is -2.26. The normalized spacial score (nSPS) is 10.4. The van der Waals surface area contributed by atoms with Gasteiger partial charge in [0, 0.05) is 27.7 Å². The number of nitrogens with zero attached hydrogens (tertiary/aromatic N) is 1. The summed E-state index contributed by atoms with van der Waals surface area (Å²) >= 11 is 8.15. The van der Waals surface area contributed by atoms with E-state index in [1.54, 1.807) is 30.1 Å². The summed E-state index contributed by atoms with van der Waals surface area (Å²) in [5.41, 5.74) is 1.33. The molecule has 0 aromatic heterocycles. The van der Waals surface area contributed by atoms with Gasteiger partial charge in [-0.25, -0.2) is 4.39 Å². The highest BCUT2D eigenvalue weighted by atomic mass is 127. The molecule has 0 N–H and O–H groups in total. The van der Waals surface area contributed by atoms with E-state index in [-0.39, 0.29) is 11.7 Å². The van der Waals surface area contributed by atoms with Crippen molar-refractivity contribution < 1.29 is 9.18 Å². The van der Waals surface area contributed by atoms with Crippen molar-refractivity contribution in [2.24, 2.45) is 0 Å². The second-order valence-corrected chi connectivity index (χ2v) is 6.06. The van der Waals surface area contributed by atoms with Gasteiger partial charge in [0.2, 0.25) is 0 Å².